The van der Waals surface area contributed by atoms with E-state index in [0.717, 1.165) is 5.92 Å². The molecule has 0 nitrogen and oxygen atoms in total. The van der Waals surface area contributed by atoms with Gasteiger partial charge in [0.25, 0.3) is 0 Å². The van der Waals surface area contributed by atoms with E-state index < -0.39 is 0 Å². The van der Waals surface area contributed by atoms with E-state index >= 15 is 0 Å². The minimum Gasteiger partial charge on any atom is -0.0763 e. The Balaban J connectivity index is 1.41. The van der Waals surface area contributed by atoms with Crippen molar-refractivity contribution in [3.8, 4) is 0 Å². The molecule has 2 saturated heterocycles. The SMILES string of the molecule is CCC1CCCC(C)(C2(C)CCCC(C)(BC34BC(C(C)(C)C)(CCC3)CCC4)CCC2)CCC1. The van der Waals surface area contributed by atoms with Crippen molar-refractivity contribution < 1.29 is 0 Å². The highest BCUT2D eigenvalue weighted by Crippen LogP contribution is 2.67. The maximum absolute atomic E-state index is 2.73. The van der Waals surface area contributed by atoms with E-state index in [9.17, 15) is 0 Å². The van der Waals surface area contributed by atoms with Gasteiger partial charge in [0, 0.05) is 0 Å². The van der Waals surface area contributed by atoms with E-state index in [2.05, 4.69) is 48.5 Å². The lowest BCUT2D eigenvalue weighted by molar-refractivity contribution is 0.00822. The van der Waals surface area contributed by atoms with E-state index in [1.807, 2.05) is 0 Å². The highest BCUT2D eigenvalue weighted by Gasteiger charge is 2.55. The van der Waals surface area contributed by atoms with Gasteiger partial charge in [0.1, 0.15) is 14.6 Å². The van der Waals surface area contributed by atoms with Crippen molar-refractivity contribution >= 4 is 14.6 Å². The molecule has 2 bridgehead atoms. The summed E-state index contributed by atoms with van der Waals surface area (Å²) in [6.45, 7) is 18.3. The summed E-state index contributed by atoms with van der Waals surface area (Å²) in [5, 5.41) is 1.89. The first kappa shape index (κ1) is 28.1. The number of rotatable bonds is 4. The maximum Gasteiger partial charge on any atom is 0.127 e. The highest BCUT2D eigenvalue weighted by molar-refractivity contribution is 6.66. The van der Waals surface area contributed by atoms with Crippen LogP contribution in [-0.2, 0) is 0 Å². The van der Waals surface area contributed by atoms with Crippen LogP contribution < -0.4 is 0 Å². The van der Waals surface area contributed by atoms with Gasteiger partial charge in [-0.25, -0.2) is 0 Å². The van der Waals surface area contributed by atoms with Crippen LogP contribution in [0, 0.1) is 22.2 Å². The molecule has 0 aromatic rings. The summed E-state index contributed by atoms with van der Waals surface area (Å²) in [4.78, 5) is 0. The molecule has 2 aliphatic carbocycles. The maximum atomic E-state index is 2.73. The van der Waals surface area contributed by atoms with Gasteiger partial charge in [-0.05, 0) is 53.2 Å². The summed E-state index contributed by atoms with van der Waals surface area (Å²) in [7, 11) is 3.10. The molecule has 0 atom stereocenters. The van der Waals surface area contributed by atoms with Crippen molar-refractivity contribution in [2.75, 3.05) is 0 Å². The topological polar surface area (TPSA) is 0 Å². The van der Waals surface area contributed by atoms with Gasteiger partial charge in [0.15, 0.2) is 0 Å². The summed E-state index contributed by atoms with van der Waals surface area (Å²) in [6, 6.07) is 0. The zero-order valence-corrected chi connectivity index (χ0v) is 25.4. The van der Waals surface area contributed by atoms with Crippen LogP contribution in [-0.4, -0.2) is 14.6 Å². The van der Waals surface area contributed by atoms with E-state index in [1.54, 1.807) is 14.6 Å². The zero-order chi connectivity index (χ0) is 25.4. The molecular formula is C33H62B2. The van der Waals surface area contributed by atoms with Gasteiger partial charge in [-0.2, -0.15) is 0 Å². The normalized spacial score (nSPS) is 45.9. The third-order valence-corrected chi connectivity index (χ3v) is 13.6. The fourth-order valence-electron chi connectivity index (χ4n) is 10.8. The molecule has 2 heteroatoms. The van der Waals surface area contributed by atoms with E-state index in [0.29, 0.717) is 32.1 Å². The highest BCUT2D eigenvalue weighted by atomic mass is 14.5. The molecule has 0 radical (unpaired) electrons. The standard InChI is InChI=1S/C33H62B2/c1-8-27-15-9-17-29(5,18-10-16-27)30(6)19-11-21-31(7,22-12-20-30)34-33-25-13-23-32(35-33,24-14-26-33)28(2,3)4/h27,34-35H,8-26H2,1-7H3. The predicted octanol–water partition coefficient (Wildman–Crippen LogP) is 10.5. The minimum absolute atomic E-state index is 0.479. The molecule has 35 heavy (non-hydrogen) atoms. The van der Waals surface area contributed by atoms with E-state index in [4.69, 9.17) is 0 Å². The second kappa shape index (κ2) is 10.4. The molecule has 0 aromatic carbocycles. The predicted molar refractivity (Wildman–Crippen MR) is 161 cm³/mol. The summed E-state index contributed by atoms with van der Waals surface area (Å²) in [6.07, 6.45) is 28.4. The van der Waals surface area contributed by atoms with Crippen molar-refractivity contribution in [3.63, 3.8) is 0 Å². The van der Waals surface area contributed by atoms with Crippen molar-refractivity contribution in [1.29, 1.82) is 0 Å². The van der Waals surface area contributed by atoms with Gasteiger partial charge in [-0.3, -0.25) is 0 Å². The summed E-state index contributed by atoms with van der Waals surface area (Å²) in [5.41, 5.74) is 1.63. The Kier molecular flexibility index (Phi) is 8.33. The monoisotopic (exact) mass is 481 g/mol. The number of hydrogen-bond donors (Lipinski definition) is 0. The lowest BCUT2D eigenvalue weighted by Crippen LogP contribution is -2.50. The molecule has 0 aromatic heterocycles. The van der Waals surface area contributed by atoms with E-state index in [-0.39, 0.29) is 0 Å². The van der Waals surface area contributed by atoms with Crippen molar-refractivity contribution in [2.24, 2.45) is 22.2 Å². The molecule has 2 saturated carbocycles. The fourth-order valence-corrected chi connectivity index (χ4v) is 10.8. The molecule has 0 spiro atoms. The first-order chi connectivity index (χ1) is 16.4. The second-order valence-electron chi connectivity index (χ2n) is 16.8. The number of fused-ring (bicyclic) bond motifs is 2. The average Bonchev–Trinajstić information content (AvgIpc) is 2.74. The second-order valence-corrected chi connectivity index (χ2v) is 16.8. The lowest BCUT2D eigenvalue weighted by Gasteiger charge is -2.59. The van der Waals surface area contributed by atoms with Crippen LogP contribution in [0.4, 0.5) is 0 Å². The summed E-state index contributed by atoms with van der Waals surface area (Å²) < 4.78 is 0. The van der Waals surface area contributed by atoms with Crippen LogP contribution >= 0.6 is 0 Å². The molecule has 200 valence electrons. The lowest BCUT2D eigenvalue weighted by atomic mass is 9.14. The van der Waals surface area contributed by atoms with Gasteiger partial charge in [-0.1, -0.05) is 155 Å². The zero-order valence-electron chi connectivity index (χ0n) is 25.4. The molecular weight excluding hydrogens is 418 g/mol. The van der Waals surface area contributed by atoms with Gasteiger partial charge in [0.2, 0.25) is 0 Å². The van der Waals surface area contributed by atoms with Crippen LogP contribution in [0.5, 0.6) is 0 Å². The quantitative estimate of drug-likeness (QED) is 0.351. The van der Waals surface area contributed by atoms with Crippen molar-refractivity contribution in [2.45, 2.75) is 186 Å². The van der Waals surface area contributed by atoms with Crippen LogP contribution in [0.3, 0.4) is 0 Å². The molecule has 4 rings (SSSR count). The Morgan fingerprint density at radius 3 is 1.57 bits per heavy atom. The first-order valence-electron chi connectivity index (χ1n) is 16.4. The van der Waals surface area contributed by atoms with Crippen LogP contribution in [0.15, 0.2) is 0 Å². The van der Waals surface area contributed by atoms with Gasteiger partial charge in [-0.15, -0.1) is 0 Å². The Morgan fingerprint density at radius 2 is 1.11 bits per heavy atom. The Morgan fingerprint density at radius 1 is 0.657 bits per heavy atom. The molecule has 0 unspecified atom stereocenters. The molecule has 0 N–H and O–H groups in total. The van der Waals surface area contributed by atoms with Gasteiger partial charge < -0.3 is 0 Å². The van der Waals surface area contributed by atoms with Crippen LogP contribution in [0.2, 0.25) is 15.8 Å². The van der Waals surface area contributed by atoms with Gasteiger partial charge >= 0.3 is 0 Å². The van der Waals surface area contributed by atoms with Crippen LogP contribution in [0.25, 0.3) is 0 Å². The molecule has 0 amide bonds. The molecule has 4 fully saturated rings. The van der Waals surface area contributed by atoms with Crippen LogP contribution in [0.1, 0.15) is 170 Å². The smallest absolute Gasteiger partial charge is 0.0763 e. The molecule has 4 aliphatic rings. The fraction of sp³-hybridized carbons (Fsp3) is 1.00. The van der Waals surface area contributed by atoms with Gasteiger partial charge in [0.05, 0.1) is 0 Å². The third-order valence-electron chi connectivity index (χ3n) is 13.6. The third kappa shape index (κ3) is 5.77. The largest absolute Gasteiger partial charge is 0.127 e. The molecule has 2 aliphatic heterocycles. The Hall–Kier alpha value is 0.130. The summed E-state index contributed by atoms with van der Waals surface area (Å²) >= 11 is 0. The molecule has 2 heterocycles. The Bertz CT molecular complexity index is 670. The van der Waals surface area contributed by atoms with Crippen molar-refractivity contribution in [1.82, 2.24) is 0 Å². The summed E-state index contributed by atoms with van der Waals surface area (Å²) in [5.74, 6) is 1.02. The van der Waals surface area contributed by atoms with E-state index in [1.165, 1.54) is 122 Å². The minimum atomic E-state index is 0.479. The van der Waals surface area contributed by atoms with Crippen molar-refractivity contribution in [3.05, 3.63) is 0 Å². The first-order valence-corrected chi connectivity index (χ1v) is 16.4. The Labute approximate surface area is 222 Å². The number of hydrogen-bond acceptors (Lipinski definition) is 0. The average molecular weight is 480 g/mol.